The molecule has 1 aromatic carbocycles. The zero-order valence-electron chi connectivity index (χ0n) is 16.1. The van der Waals surface area contributed by atoms with Crippen molar-refractivity contribution in [3.63, 3.8) is 0 Å². The quantitative estimate of drug-likeness (QED) is 0.788. The Morgan fingerprint density at radius 3 is 2.46 bits per heavy atom. The highest BCUT2D eigenvalue weighted by molar-refractivity contribution is 5.81. The van der Waals surface area contributed by atoms with Gasteiger partial charge in [-0.3, -0.25) is 9.69 Å². The number of rotatable bonds is 7. The monoisotopic (exact) mass is 358 g/mol. The van der Waals surface area contributed by atoms with Crippen LogP contribution in [0, 0.1) is 11.8 Å². The van der Waals surface area contributed by atoms with E-state index < -0.39 is 0 Å². The highest BCUT2D eigenvalue weighted by atomic mass is 16.3. The van der Waals surface area contributed by atoms with E-state index in [1.165, 1.54) is 18.4 Å². The fourth-order valence-electron chi connectivity index (χ4n) is 4.52. The van der Waals surface area contributed by atoms with E-state index in [-0.39, 0.29) is 18.1 Å². The van der Waals surface area contributed by atoms with Crippen molar-refractivity contribution in [3.8, 4) is 0 Å². The molecule has 1 saturated heterocycles. The minimum atomic E-state index is -0.384. The number of benzene rings is 1. The Hall–Kier alpha value is -1.39. The number of amides is 1. The van der Waals surface area contributed by atoms with Crippen molar-refractivity contribution in [1.29, 1.82) is 0 Å². The van der Waals surface area contributed by atoms with Crippen molar-refractivity contribution in [2.45, 2.75) is 64.0 Å². The lowest BCUT2D eigenvalue weighted by Gasteiger charge is -2.35. The third kappa shape index (κ3) is 5.31. The second kappa shape index (κ2) is 9.52. The van der Waals surface area contributed by atoms with Gasteiger partial charge in [0.15, 0.2) is 0 Å². The lowest BCUT2D eigenvalue weighted by Crippen LogP contribution is -2.50. The molecule has 1 aliphatic heterocycles. The summed E-state index contributed by atoms with van der Waals surface area (Å²) in [6.07, 6.45) is 7.68. The van der Waals surface area contributed by atoms with Crippen molar-refractivity contribution >= 4 is 5.91 Å². The normalized spacial score (nSPS) is 22.2. The summed E-state index contributed by atoms with van der Waals surface area (Å²) in [4.78, 5) is 14.8. The van der Waals surface area contributed by atoms with Gasteiger partial charge in [0.2, 0.25) is 5.91 Å². The van der Waals surface area contributed by atoms with Gasteiger partial charge < -0.3 is 10.4 Å². The predicted molar refractivity (Wildman–Crippen MR) is 105 cm³/mol. The summed E-state index contributed by atoms with van der Waals surface area (Å²) in [7, 11) is 0. The number of hydrogen-bond acceptors (Lipinski definition) is 3. The first-order valence-electron chi connectivity index (χ1n) is 10.4. The van der Waals surface area contributed by atoms with Crippen molar-refractivity contribution in [2.24, 2.45) is 11.8 Å². The van der Waals surface area contributed by atoms with E-state index in [2.05, 4.69) is 40.5 Å². The Labute approximate surface area is 158 Å². The zero-order valence-corrected chi connectivity index (χ0v) is 16.1. The summed E-state index contributed by atoms with van der Waals surface area (Å²) < 4.78 is 0. The van der Waals surface area contributed by atoms with Crippen LogP contribution in [0.25, 0.3) is 0 Å². The lowest BCUT2D eigenvalue weighted by molar-refractivity contribution is -0.127. The highest BCUT2D eigenvalue weighted by Crippen LogP contribution is 2.27. The van der Waals surface area contributed by atoms with Crippen LogP contribution in [0.1, 0.15) is 51.0 Å². The second-order valence-electron chi connectivity index (χ2n) is 8.20. The van der Waals surface area contributed by atoms with Gasteiger partial charge in [0.05, 0.1) is 12.1 Å². The molecule has 1 heterocycles. The van der Waals surface area contributed by atoms with Crippen LogP contribution in [0.2, 0.25) is 0 Å². The van der Waals surface area contributed by atoms with Crippen LogP contribution in [0.5, 0.6) is 0 Å². The van der Waals surface area contributed by atoms with Crippen molar-refractivity contribution < 1.29 is 9.90 Å². The second-order valence-corrected chi connectivity index (χ2v) is 8.20. The minimum Gasteiger partial charge on any atom is -0.391 e. The molecule has 1 aliphatic carbocycles. The van der Waals surface area contributed by atoms with E-state index >= 15 is 0 Å². The van der Waals surface area contributed by atoms with Crippen LogP contribution < -0.4 is 5.32 Å². The molecule has 2 unspecified atom stereocenters. The van der Waals surface area contributed by atoms with Gasteiger partial charge in [0.1, 0.15) is 0 Å². The van der Waals surface area contributed by atoms with Crippen molar-refractivity contribution in [2.75, 3.05) is 19.6 Å². The third-order valence-corrected chi connectivity index (χ3v) is 6.37. The lowest BCUT2D eigenvalue weighted by atomic mass is 9.89. The van der Waals surface area contributed by atoms with Crippen LogP contribution in [0.3, 0.4) is 0 Å². The number of aliphatic hydroxyl groups is 1. The molecule has 26 heavy (non-hydrogen) atoms. The molecule has 2 atom stereocenters. The Morgan fingerprint density at radius 1 is 1.15 bits per heavy atom. The fourth-order valence-corrected chi connectivity index (χ4v) is 4.52. The van der Waals surface area contributed by atoms with Crippen LogP contribution >= 0.6 is 0 Å². The average molecular weight is 359 g/mol. The number of carbonyl (C=O) groups excluding carboxylic acids is 1. The molecule has 4 nitrogen and oxygen atoms in total. The SMILES string of the molecule is CC(C(=O)NCC(O)C1CCCC1)N1CCC(Cc2ccccc2)CC1. The molecular formula is C22H34N2O2. The molecule has 0 bridgehead atoms. The van der Waals surface area contributed by atoms with Crippen molar-refractivity contribution in [3.05, 3.63) is 35.9 Å². The summed E-state index contributed by atoms with van der Waals surface area (Å²) in [5, 5.41) is 13.2. The van der Waals surface area contributed by atoms with Gasteiger partial charge in [-0.2, -0.15) is 0 Å². The Kier molecular flexibility index (Phi) is 7.09. The predicted octanol–water partition coefficient (Wildman–Crippen LogP) is 3.00. The van der Waals surface area contributed by atoms with Gasteiger partial charge in [-0.1, -0.05) is 43.2 Å². The summed E-state index contributed by atoms with van der Waals surface area (Å²) in [6.45, 7) is 4.36. The standard InChI is InChI=1S/C22H34N2O2/c1-17(22(26)23-16-21(25)20-9-5-6-10-20)24-13-11-19(12-14-24)15-18-7-3-2-4-8-18/h2-4,7-8,17,19-21,25H,5-6,9-16H2,1H3,(H,23,26). The number of hydrogen-bond donors (Lipinski definition) is 2. The first-order chi connectivity index (χ1) is 12.6. The van der Waals surface area contributed by atoms with Gasteiger partial charge >= 0.3 is 0 Å². The topological polar surface area (TPSA) is 52.6 Å². The number of aliphatic hydroxyl groups excluding tert-OH is 1. The smallest absolute Gasteiger partial charge is 0.237 e. The molecule has 0 radical (unpaired) electrons. The van der Waals surface area contributed by atoms with E-state index in [0.29, 0.717) is 18.4 Å². The molecule has 4 heteroatoms. The number of piperidine rings is 1. The van der Waals surface area contributed by atoms with Crippen LogP contribution in [0.4, 0.5) is 0 Å². The first kappa shape index (κ1) is 19.4. The van der Waals surface area contributed by atoms with E-state index in [0.717, 1.165) is 45.2 Å². The number of nitrogens with zero attached hydrogens (tertiary/aromatic N) is 1. The fraction of sp³-hybridized carbons (Fsp3) is 0.682. The molecule has 1 saturated carbocycles. The maximum absolute atomic E-state index is 12.5. The summed E-state index contributed by atoms with van der Waals surface area (Å²) in [6, 6.07) is 10.6. The molecule has 1 aromatic rings. The Morgan fingerprint density at radius 2 is 1.81 bits per heavy atom. The molecule has 144 valence electrons. The first-order valence-corrected chi connectivity index (χ1v) is 10.4. The van der Waals surface area contributed by atoms with Gasteiger partial charge in [0, 0.05) is 6.54 Å². The molecule has 2 N–H and O–H groups in total. The van der Waals surface area contributed by atoms with Gasteiger partial charge in [-0.15, -0.1) is 0 Å². The summed E-state index contributed by atoms with van der Waals surface area (Å²) in [5.41, 5.74) is 1.41. The number of likely N-dealkylation sites (tertiary alicyclic amines) is 1. The minimum absolute atomic E-state index is 0.0588. The molecule has 0 aromatic heterocycles. The highest BCUT2D eigenvalue weighted by Gasteiger charge is 2.28. The van der Waals surface area contributed by atoms with Crippen molar-refractivity contribution in [1.82, 2.24) is 10.2 Å². The maximum Gasteiger partial charge on any atom is 0.237 e. The van der Waals surface area contributed by atoms with Gasteiger partial charge in [0.25, 0.3) is 0 Å². The summed E-state index contributed by atoms with van der Waals surface area (Å²) in [5.74, 6) is 1.15. The Bertz CT molecular complexity index is 549. The van der Waals surface area contributed by atoms with E-state index in [9.17, 15) is 9.90 Å². The van der Waals surface area contributed by atoms with Crippen LogP contribution in [-0.4, -0.2) is 47.7 Å². The van der Waals surface area contributed by atoms with Gasteiger partial charge in [-0.25, -0.2) is 0 Å². The summed E-state index contributed by atoms with van der Waals surface area (Å²) >= 11 is 0. The average Bonchev–Trinajstić information content (AvgIpc) is 3.21. The zero-order chi connectivity index (χ0) is 18.4. The maximum atomic E-state index is 12.5. The molecule has 0 spiro atoms. The number of nitrogens with one attached hydrogen (secondary N) is 1. The molecule has 2 aliphatic rings. The van der Waals surface area contributed by atoms with Gasteiger partial charge in [-0.05, 0) is 69.5 Å². The third-order valence-electron chi connectivity index (χ3n) is 6.37. The Balaban J connectivity index is 1.38. The van der Waals surface area contributed by atoms with Crippen LogP contribution in [0.15, 0.2) is 30.3 Å². The molecular weight excluding hydrogens is 324 g/mol. The molecule has 3 rings (SSSR count). The largest absolute Gasteiger partial charge is 0.391 e. The van der Waals surface area contributed by atoms with Crippen LogP contribution in [-0.2, 0) is 11.2 Å². The molecule has 2 fully saturated rings. The molecule has 1 amide bonds. The van der Waals surface area contributed by atoms with E-state index in [1.54, 1.807) is 0 Å². The van der Waals surface area contributed by atoms with E-state index in [4.69, 9.17) is 0 Å². The van der Waals surface area contributed by atoms with E-state index in [1.807, 2.05) is 6.92 Å². The number of carbonyl (C=O) groups is 1.